The van der Waals surface area contributed by atoms with Gasteiger partial charge < -0.3 is 14.8 Å². The highest BCUT2D eigenvalue weighted by Crippen LogP contribution is 2.31. The maximum absolute atomic E-state index is 5.39. The first-order chi connectivity index (χ1) is 8.80. The molecule has 0 aliphatic heterocycles. The Morgan fingerprint density at radius 1 is 1.28 bits per heavy atom. The molecule has 0 bridgehead atoms. The molecule has 6 heteroatoms. The van der Waals surface area contributed by atoms with E-state index in [9.17, 15) is 0 Å². The van der Waals surface area contributed by atoms with E-state index in [-0.39, 0.29) is 6.04 Å². The third-order valence-corrected chi connectivity index (χ3v) is 2.77. The van der Waals surface area contributed by atoms with E-state index < -0.39 is 0 Å². The molecule has 0 radical (unpaired) electrons. The molecule has 0 fully saturated rings. The Bertz CT molecular complexity index is 499. The van der Waals surface area contributed by atoms with E-state index in [1.807, 2.05) is 25.2 Å². The summed E-state index contributed by atoms with van der Waals surface area (Å²) in [6.45, 7) is 0. The summed E-state index contributed by atoms with van der Waals surface area (Å²) >= 11 is 0. The van der Waals surface area contributed by atoms with Crippen LogP contribution in [0.3, 0.4) is 0 Å². The molecule has 0 aliphatic rings. The van der Waals surface area contributed by atoms with E-state index >= 15 is 0 Å². The lowest BCUT2D eigenvalue weighted by molar-refractivity contribution is 0.388. The van der Waals surface area contributed by atoms with Gasteiger partial charge in [-0.1, -0.05) is 0 Å². The molecule has 2 N–H and O–H groups in total. The molecule has 0 saturated heterocycles. The van der Waals surface area contributed by atoms with Crippen molar-refractivity contribution >= 4 is 0 Å². The maximum atomic E-state index is 5.39. The molecular formula is C12H16N4O2. The predicted octanol–water partition coefficient (Wildman–Crippen LogP) is 1.13. The van der Waals surface area contributed by atoms with Crippen LogP contribution in [-0.2, 0) is 0 Å². The van der Waals surface area contributed by atoms with E-state index in [0.29, 0.717) is 0 Å². The Morgan fingerprint density at radius 2 is 2.11 bits per heavy atom. The number of methoxy groups -OCH3 is 2. The van der Waals surface area contributed by atoms with Crippen LogP contribution in [0, 0.1) is 0 Å². The summed E-state index contributed by atoms with van der Waals surface area (Å²) < 4.78 is 10.6. The van der Waals surface area contributed by atoms with Crippen LogP contribution >= 0.6 is 0 Å². The summed E-state index contributed by atoms with van der Waals surface area (Å²) in [5.41, 5.74) is 1.79. The molecule has 1 atom stereocenters. The van der Waals surface area contributed by atoms with E-state index in [0.717, 1.165) is 22.8 Å². The summed E-state index contributed by atoms with van der Waals surface area (Å²) in [6.07, 6.45) is 1.69. The molecule has 0 spiro atoms. The lowest BCUT2D eigenvalue weighted by Gasteiger charge is -2.17. The van der Waals surface area contributed by atoms with E-state index in [1.165, 1.54) is 0 Å². The minimum absolute atomic E-state index is 0.0791. The van der Waals surface area contributed by atoms with E-state index in [2.05, 4.69) is 20.7 Å². The fraction of sp³-hybridized carbons (Fsp3) is 0.333. The molecule has 18 heavy (non-hydrogen) atoms. The van der Waals surface area contributed by atoms with Gasteiger partial charge in [0.2, 0.25) is 0 Å². The van der Waals surface area contributed by atoms with Crippen LogP contribution in [0.5, 0.6) is 11.5 Å². The second-order valence-corrected chi connectivity index (χ2v) is 3.72. The fourth-order valence-electron chi connectivity index (χ4n) is 1.87. The zero-order chi connectivity index (χ0) is 13.0. The summed E-state index contributed by atoms with van der Waals surface area (Å²) in [5.74, 6) is 1.50. The van der Waals surface area contributed by atoms with Gasteiger partial charge in [-0.15, -0.1) is 0 Å². The van der Waals surface area contributed by atoms with Gasteiger partial charge in [0.15, 0.2) is 0 Å². The molecule has 1 aromatic heterocycles. The van der Waals surface area contributed by atoms with Gasteiger partial charge in [0.1, 0.15) is 17.2 Å². The van der Waals surface area contributed by atoms with Crippen molar-refractivity contribution in [3.8, 4) is 11.5 Å². The van der Waals surface area contributed by atoms with Gasteiger partial charge in [0.05, 0.1) is 26.5 Å². The Balaban J connectivity index is 2.42. The molecule has 0 aliphatic carbocycles. The second kappa shape index (κ2) is 5.50. The number of aromatic nitrogens is 3. The van der Waals surface area contributed by atoms with Crippen molar-refractivity contribution in [2.45, 2.75) is 6.04 Å². The fourth-order valence-corrected chi connectivity index (χ4v) is 1.87. The van der Waals surface area contributed by atoms with Gasteiger partial charge in [-0.05, 0) is 19.2 Å². The van der Waals surface area contributed by atoms with Gasteiger partial charge >= 0.3 is 0 Å². The molecule has 2 aromatic rings. The SMILES string of the molecule is CNC(c1cn[nH]n1)c1ccc(OC)cc1OC. The average Bonchev–Trinajstić information content (AvgIpc) is 2.94. The number of benzene rings is 1. The number of nitrogens with zero attached hydrogens (tertiary/aromatic N) is 2. The van der Waals surface area contributed by atoms with Crippen LogP contribution in [0.4, 0.5) is 0 Å². The molecule has 2 rings (SSSR count). The van der Waals surface area contributed by atoms with Crippen LogP contribution in [-0.4, -0.2) is 36.7 Å². The minimum atomic E-state index is -0.0791. The number of rotatable bonds is 5. The Labute approximate surface area is 105 Å². The van der Waals surface area contributed by atoms with Crippen molar-refractivity contribution < 1.29 is 9.47 Å². The lowest BCUT2D eigenvalue weighted by Crippen LogP contribution is -2.19. The molecular weight excluding hydrogens is 232 g/mol. The standard InChI is InChI=1S/C12H16N4O2/c1-13-12(10-7-14-16-15-10)9-5-4-8(17-2)6-11(9)18-3/h4-7,12-13H,1-3H3,(H,14,15,16). The average molecular weight is 248 g/mol. The van der Waals surface area contributed by atoms with Crippen molar-refractivity contribution in [3.05, 3.63) is 35.7 Å². The van der Waals surface area contributed by atoms with Crippen LogP contribution in [0.25, 0.3) is 0 Å². The molecule has 6 nitrogen and oxygen atoms in total. The van der Waals surface area contributed by atoms with Gasteiger partial charge in [-0.3, -0.25) is 0 Å². The zero-order valence-electron chi connectivity index (χ0n) is 10.6. The monoisotopic (exact) mass is 248 g/mol. The van der Waals surface area contributed by atoms with Gasteiger partial charge in [-0.25, -0.2) is 0 Å². The zero-order valence-corrected chi connectivity index (χ0v) is 10.6. The number of nitrogens with one attached hydrogen (secondary N) is 2. The smallest absolute Gasteiger partial charge is 0.127 e. The number of hydrogen-bond acceptors (Lipinski definition) is 5. The minimum Gasteiger partial charge on any atom is -0.497 e. The summed E-state index contributed by atoms with van der Waals surface area (Å²) in [4.78, 5) is 0. The quantitative estimate of drug-likeness (QED) is 0.830. The van der Waals surface area contributed by atoms with Crippen molar-refractivity contribution in [1.29, 1.82) is 0 Å². The van der Waals surface area contributed by atoms with Gasteiger partial charge in [-0.2, -0.15) is 15.4 Å². The van der Waals surface area contributed by atoms with Gasteiger partial charge in [0, 0.05) is 11.6 Å². The lowest BCUT2D eigenvalue weighted by atomic mass is 10.0. The highest BCUT2D eigenvalue weighted by molar-refractivity contribution is 5.44. The molecule has 1 unspecified atom stereocenters. The first-order valence-corrected chi connectivity index (χ1v) is 5.55. The molecule has 1 heterocycles. The Kier molecular flexibility index (Phi) is 3.78. The highest BCUT2D eigenvalue weighted by atomic mass is 16.5. The summed E-state index contributed by atoms with van der Waals surface area (Å²) in [5, 5.41) is 13.7. The van der Waals surface area contributed by atoms with E-state index in [1.54, 1.807) is 20.4 Å². The third-order valence-electron chi connectivity index (χ3n) is 2.77. The van der Waals surface area contributed by atoms with Crippen LogP contribution < -0.4 is 14.8 Å². The Morgan fingerprint density at radius 3 is 2.67 bits per heavy atom. The molecule has 96 valence electrons. The number of H-pyrrole nitrogens is 1. The third kappa shape index (κ3) is 2.28. The second-order valence-electron chi connectivity index (χ2n) is 3.72. The number of hydrogen-bond donors (Lipinski definition) is 2. The number of ether oxygens (including phenoxy) is 2. The van der Waals surface area contributed by atoms with Crippen LogP contribution in [0.2, 0.25) is 0 Å². The molecule has 0 amide bonds. The van der Waals surface area contributed by atoms with Crippen molar-refractivity contribution in [1.82, 2.24) is 20.7 Å². The van der Waals surface area contributed by atoms with Crippen molar-refractivity contribution in [2.75, 3.05) is 21.3 Å². The molecule has 0 saturated carbocycles. The largest absolute Gasteiger partial charge is 0.497 e. The summed E-state index contributed by atoms with van der Waals surface area (Å²) in [6, 6.07) is 5.61. The summed E-state index contributed by atoms with van der Waals surface area (Å²) in [7, 11) is 5.12. The van der Waals surface area contributed by atoms with Crippen molar-refractivity contribution in [3.63, 3.8) is 0 Å². The van der Waals surface area contributed by atoms with E-state index in [4.69, 9.17) is 9.47 Å². The normalized spacial score (nSPS) is 12.2. The molecule has 1 aromatic carbocycles. The topological polar surface area (TPSA) is 72.1 Å². The first kappa shape index (κ1) is 12.4. The highest BCUT2D eigenvalue weighted by Gasteiger charge is 2.19. The van der Waals surface area contributed by atoms with Crippen molar-refractivity contribution in [2.24, 2.45) is 0 Å². The Hall–Kier alpha value is -2.08. The van der Waals surface area contributed by atoms with Crippen LogP contribution in [0.1, 0.15) is 17.3 Å². The van der Waals surface area contributed by atoms with Gasteiger partial charge in [0.25, 0.3) is 0 Å². The maximum Gasteiger partial charge on any atom is 0.127 e. The number of aromatic amines is 1. The first-order valence-electron chi connectivity index (χ1n) is 5.55. The van der Waals surface area contributed by atoms with Crippen LogP contribution in [0.15, 0.2) is 24.4 Å². The predicted molar refractivity (Wildman–Crippen MR) is 66.8 cm³/mol.